The van der Waals surface area contributed by atoms with Crippen molar-refractivity contribution in [2.24, 2.45) is 0 Å². The average Bonchev–Trinajstić information content (AvgIpc) is 2.73. The van der Waals surface area contributed by atoms with Crippen molar-refractivity contribution in [1.29, 1.82) is 0 Å². The number of hydrogen-bond acceptors (Lipinski definition) is 4. The second-order valence-electron chi connectivity index (χ2n) is 7.30. The Kier molecular flexibility index (Phi) is 6.42. The molecule has 3 rings (SSSR count). The van der Waals surface area contributed by atoms with Crippen LogP contribution in [-0.4, -0.2) is 44.0 Å². The van der Waals surface area contributed by atoms with Crippen LogP contribution in [0.1, 0.15) is 30.0 Å². The SMILES string of the molecule is COc1cc2c(cc1OC)CN(C(=O)CCN(C(C)=O)c1ccc(C)cc1)CC2. The summed E-state index contributed by atoms with van der Waals surface area (Å²) in [6.45, 7) is 5.10. The van der Waals surface area contributed by atoms with Gasteiger partial charge in [-0.05, 0) is 48.7 Å². The number of aryl methyl sites for hydroxylation is 1. The molecular weight excluding hydrogens is 368 g/mol. The van der Waals surface area contributed by atoms with Crippen molar-refractivity contribution < 1.29 is 19.1 Å². The number of carbonyl (C=O) groups is 2. The predicted molar refractivity (Wildman–Crippen MR) is 112 cm³/mol. The number of hydrogen-bond donors (Lipinski definition) is 0. The fraction of sp³-hybridized carbons (Fsp3) is 0.391. The summed E-state index contributed by atoms with van der Waals surface area (Å²) in [6, 6.07) is 11.7. The number of fused-ring (bicyclic) bond motifs is 1. The molecule has 0 spiro atoms. The molecule has 0 aliphatic carbocycles. The second kappa shape index (κ2) is 8.99. The summed E-state index contributed by atoms with van der Waals surface area (Å²) in [5.41, 5.74) is 4.20. The zero-order valence-corrected chi connectivity index (χ0v) is 17.5. The monoisotopic (exact) mass is 396 g/mol. The normalized spacial score (nSPS) is 12.9. The fourth-order valence-electron chi connectivity index (χ4n) is 3.65. The molecule has 29 heavy (non-hydrogen) atoms. The highest BCUT2D eigenvalue weighted by atomic mass is 16.5. The van der Waals surface area contributed by atoms with Gasteiger partial charge in [-0.15, -0.1) is 0 Å². The zero-order chi connectivity index (χ0) is 21.0. The maximum atomic E-state index is 12.8. The standard InChI is InChI=1S/C23H28N2O4/c1-16-5-7-20(8-6-16)25(17(2)26)12-10-23(27)24-11-9-18-13-21(28-3)22(29-4)14-19(18)15-24/h5-8,13-14H,9-12,15H2,1-4H3. The van der Waals surface area contributed by atoms with Crippen LogP contribution in [0.25, 0.3) is 0 Å². The number of rotatable bonds is 6. The fourth-order valence-corrected chi connectivity index (χ4v) is 3.65. The number of carbonyl (C=O) groups excluding carboxylic acids is 2. The van der Waals surface area contributed by atoms with Crippen molar-refractivity contribution in [3.8, 4) is 11.5 Å². The average molecular weight is 396 g/mol. The van der Waals surface area contributed by atoms with Crippen LogP contribution in [0.4, 0.5) is 5.69 Å². The molecule has 1 heterocycles. The van der Waals surface area contributed by atoms with Gasteiger partial charge < -0.3 is 19.3 Å². The minimum atomic E-state index is -0.0672. The second-order valence-corrected chi connectivity index (χ2v) is 7.30. The van der Waals surface area contributed by atoms with E-state index in [-0.39, 0.29) is 18.2 Å². The summed E-state index contributed by atoms with van der Waals surface area (Å²) in [7, 11) is 3.23. The largest absolute Gasteiger partial charge is 0.493 e. The van der Waals surface area contributed by atoms with E-state index in [0.717, 1.165) is 23.2 Å². The molecule has 0 N–H and O–H groups in total. The molecular formula is C23H28N2O4. The number of methoxy groups -OCH3 is 2. The van der Waals surface area contributed by atoms with Crippen LogP contribution in [0.2, 0.25) is 0 Å². The van der Waals surface area contributed by atoms with Crippen LogP contribution in [0, 0.1) is 6.92 Å². The Hall–Kier alpha value is -3.02. The van der Waals surface area contributed by atoms with Gasteiger partial charge in [0, 0.05) is 38.7 Å². The molecule has 2 aromatic carbocycles. The highest BCUT2D eigenvalue weighted by Gasteiger charge is 2.23. The first-order chi connectivity index (χ1) is 13.9. The third kappa shape index (κ3) is 4.70. The molecule has 0 bridgehead atoms. The quantitative estimate of drug-likeness (QED) is 0.751. The van der Waals surface area contributed by atoms with E-state index in [4.69, 9.17) is 9.47 Å². The van der Waals surface area contributed by atoms with Crippen LogP contribution in [0.3, 0.4) is 0 Å². The van der Waals surface area contributed by atoms with Gasteiger partial charge >= 0.3 is 0 Å². The molecule has 2 aromatic rings. The van der Waals surface area contributed by atoms with Crippen LogP contribution in [0.15, 0.2) is 36.4 Å². The summed E-state index contributed by atoms with van der Waals surface area (Å²) in [5, 5.41) is 0. The lowest BCUT2D eigenvalue weighted by Crippen LogP contribution is -2.39. The van der Waals surface area contributed by atoms with E-state index in [0.29, 0.717) is 31.1 Å². The number of ether oxygens (including phenoxy) is 2. The lowest BCUT2D eigenvalue weighted by atomic mass is 9.98. The van der Waals surface area contributed by atoms with E-state index < -0.39 is 0 Å². The summed E-state index contributed by atoms with van der Waals surface area (Å²) < 4.78 is 10.8. The molecule has 154 valence electrons. The molecule has 1 aliphatic heterocycles. The molecule has 0 saturated carbocycles. The van der Waals surface area contributed by atoms with Crippen molar-refractivity contribution in [1.82, 2.24) is 4.90 Å². The molecule has 0 radical (unpaired) electrons. The number of benzene rings is 2. The minimum Gasteiger partial charge on any atom is -0.493 e. The minimum absolute atomic E-state index is 0.0452. The lowest BCUT2D eigenvalue weighted by molar-refractivity contribution is -0.131. The van der Waals surface area contributed by atoms with E-state index in [1.807, 2.05) is 48.2 Å². The molecule has 6 heteroatoms. The third-order valence-electron chi connectivity index (χ3n) is 5.35. The summed E-state index contributed by atoms with van der Waals surface area (Å²) in [4.78, 5) is 28.4. The molecule has 0 saturated heterocycles. The number of amides is 2. The van der Waals surface area contributed by atoms with Gasteiger partial charge in [0.2, 0.25) is 11.8 Å². The highest BCUT2D eigenvalue weighted by molar-refractivity contribution is 5.92. The van der Waals surface area contributed by atoms with Crippen LogP contribution >= 0.6 is 0 Å². The zero-order valence-electron chi connectivity index (χ0n) is 17.5. The Balaban J connectivity index is 1.67. The van der Waals surface area contributed by atoms with Crippen molar-refractivity contribution in [2.45, 2.75) is 33.2 Å². The molecule has 6 nitrogen and oxygen atoms in total. The van der Waals surface area contributed by atoms with Gasteiger partial charge in [0.05, 0.1) is 14.2 Å². The van der Waals surface area contributed by atoms with Gasteiger partial charge in [-0.1, -0.05) is 17.7 Å². The Morgan fingerprint density at radius 1 is 1.03 bits per heavy atom. The van der Waals surface area contributed by atoms with Crippen LogP contribution < -0.4 is 14.4 Å². The Bertz CT molecular complexity index is 892. The molecule has 0 fully saturated rings. The Morgan fingerprint density at radius 2 is 1.66 bits per heavy atom. The maximum Gasteiger partial charge on any atom is 0.224 e. The first-order valence-electron chi connectivity index (χ1n) is 9.79. The van der Waals surface area contributed by atoms with E-state index >= 15 is 0 Å². The summed E-state index contributed by atoms with van der Waals surface area (Å²) in [6.07, 6.45) is 1.06. The number of anilines is 1. The van der Waals surface area contributed by atoms with Crippen molar-refractivity contribution in [2.75, 3.05) is 32.2 Å². The maximum absolute atomic E-state index is 12.8. The molecule has 1 aliphatic rings. The lowest BCUT2D eigenvalue weighted by Gasteiger charge is -2.30. The molecule has 2 amide bonds. The van der Waals surface area contributed by atoms with Gasteiger partial charge in [-0.2, -0.15) is 0 Å². The van der Waals surface area contributed by atoms with E-state index in [9.17, 15) is 9.59 Å². The molecule has 0 atom stereocenters. The molecule has 0 unspecified atom stereocenters. The number of nitrogens with zero attached hydrogens (tertiary/aromatic N) is 2. The summed E-state index contributed by atoms with van der Waals surface area (Å²) >= 11 is 0. The summed E-state index contributed by atoms with van der Waals surface area (Å²) in [5.74, 6) is 1.36. The third-order valence-corrected chi connectivity index (χ3v) is 5.35. The van der Waals surface area contributed by atoms with Gasteiger partial charge in [-0.3, -0.25) is 9.59 Å². The van der Waals surface area contributed by atoms with Gasteiger partial charge in [0.15, 0.2) is 11.5 Å². The first kappa shape index (κ1) is 20.7. The highest BCUT2D eigenvalue weighted by Crippen LogP contribution is 2.33. The van der Waals surface area contributed by atoms with Crippen LogP contribution in [-0.2, 0) is 22.6 Å². The topological polar surface area (TPSA) is 59.1 Å². The smallest absolute Gasteiger partial charge is 0.224 e. The predicted octanol–water partition coefficient (Wildman–Crippen LogP) is 3.34. The first-order valence-corrected chi connectivity index (χ1v) is 9.79. The van der Waals surface area contributed by atoms with Gasteiger partial charge in [0.25, 0.3) is 0 Å². The van der Waals surface area contributed by atoms with Crippen LogP contribution in [0.5, 0.6) is 11.5 Å². The van der Waals surface area contributed by atoms with E-state index in [1.165, 1.54) is 12.5 Å². The van der Waals surface area contributed by atoms with E-state index in [2.05, 4.69) is 0 Å². The van der Waals surface area contributed by atoms with Crippen molar-refractivity contribution in [3.05, 3.63) is 53.1 Å². The molecule has 0 aromatic heterocycles. The Morgan fingerprint density at radius 3 is 2.24 bits per heavy atom. The van der Waals surface area contributed by atoms with Crippen molar-refractivity contribution >= 4 is 17.5 Å². The van der Waals surface area contributed by atoms with E-state index in [1.54, 1.807) is 19.1 Å². The van der Waals surface area contributed by atoms with Gasteiger partial charge in [0.1, 0.15) is 0 Å². The van der Waals surface area contributed by atoms with Gasteiger partial charge in [-0.25, -0.2) is 0 Å². The van der Waals surface area contributed by atoms with Crippen molar-refractivity contribution in [3.63, 3.8) is 0 Å². The Labute approximate surface area is 172 Å².